The highest BCUT2D eigenvalue weighted by atomic mass is 19.3. The molecular weight excluding hydrogens is 257 g/mol. The predicted molar refractivity (Wildman–Crippen MR) is 67.2 cm³/mol. The molecule has 0 aliphatic rings. The van der Waals surface area contributed by atoms with E-state index in [1.54, 1.807) is 18.2 Å². The molecule has 0 bridgehead atoms. The average Bonchev–Trinajstić information content (AvgIpc) is 2.29. The van der Waals surface area contributed by atoms with Gasteiger partial charge in [0.05, 0.1) is 0 Å². The van der Waals surface area contributed by atoms with Gasteiger partial charge in [-0.2, -0.15) is 8.78 Å². The van der Waals surface area contributed by atoms with Gasteiger partial charge in [0.15, 0.2) is 0 Å². The van der Waals surface area contributed by atoms with Crippen molar-refractivity contribution in [3.8, 4) is 5.75 Å². The van der Waals surface area contributed by atoms with Crippen LogP contribution in [-0.2, 0) is 0 Å². The van der Waals surface area contributed by atoms with Gasteiger partial charge in [0.25, 0.3) is 0 Å². The normalized spacial score (nSPS) is 10.5. The van der Waals surface area contributed by atoms with Crippen LogP contribution >= 0.6 is 0 Å². The van der Waals surface area contributed by atoms with E-state index < -0.39 is 12.4 Å². The highest BCUT2D eigenvalue weighted by Crippen LogP contribution is 2.23. The van der Waals surface area contributed by atoms with E-state index in [2.05, 4.69) is 10.1 Å². The van der Waals surface area contributed by atoms with Crippen LogP contribution in [0.15, 0.2) is 42.5 Å². The smallest absolute Gasteiger partial charge is 0.387 e. The second-order valence-electron chi connectivity index (χ2n) is 3.80. The SMILES string of the molecule is Nc1cc(F)cc(Nc2ccc(OC(F)F)cc2)c1. The van der Waals surface area contributed by atoms with Crippen molar-refractivity contribution in [1.82, 2.24) is 0 Å². The monoisotopic (exact) mass is 268 g/mol. The minimum atomic E-state index is -2.86. The molecule has 3 N–H and O–H groups in total. The van der Waals surface area contributed by atoms with E-state index in [4.69, 9.17) is 5.73 Å². The molecule has 2 aromatic carbocycles. The summed E-state index contributed by atoms with van der Waals surface area (Å²) in [6, 6.07) is 9.89. The molecule has 6 heteroatoms. The van der Waals surface area contributed by atoms with Crippen LogP contribution in [0.2, 0.25) is 0 Å². The molecule has 2 aromatic rings. The molecule has 3 nitrogen and oxygen atoms in total. The fourth-order valence-corrected chi connectivity index (χ4v) is 1.57. The highest BCUT2D eigenvalue weighted by Gasteiger charge is 2.04. The Bertz CT molecular complexity index is 538. The molecule has 0 heterocycles. The molecule has 0 aliphatic heterocycles. The molecule has 100 valence electrons. The number of nitrogens with one attached hydrogen (secondary N) is 1. The summed E-state index contributed by atoms with van der Waals surface area (Å²) in [5, 5.41) is 2.90. The summed E-state index contributed by atoms with van der Waals surface area (Å²) in [7, 11) is 0. The van der Waals surface area contributed by atoms with Gasteiger partial charge >= 0.3 is 6.61 Å². The van der Waals surface area contributed by atoms with Crippen LogP contribution in [0.25, 0.3) is 0 Å². The Morgan fingerprint density at radius 2 is 1.68 bits per heavy atom. The number of rotatable bonds is 4. The van der Waals surface area contributed by atoms with Crippen LogP contribution in [0.4, 0.5) is 30.2 Å². The number of nitrogen functional groups attached to an aromatic ring is 1. The fraction of sp³-hybridized carbons (Fsp3) is 0.0769. The van der Waals surface area contributed by atoms with E-state index >= 15 is 0 Å². The van der Waals surface area contributed by atoms with Crippen molar-refractivity contribution in [3.63, 3.8) is 0 Å². The zero-order chi connectivity index (χ0) is 13.8. The minimum Gasteiger partial charge on any atom is -0.435 e. The lowest BCUT2D eigenvalue weighted by Crippen LogP contribution is -2.01. The summed E-state index contributed by atoms with van der Waals surface area (Å²) in [6.45, 7) is -2.86. The average molecular weight is 268 g/mol. The highest BCUT2D eigenvalue weighted by molar-refractivity contribution is 5.64. The van der Waals surface area contributed by atoms with Gasteiger partial charge in [-0.15, -0.1) is 0 Å². The van der Waals surface area contributed by atoms with Crippen LogP contribution < -0.4 is 15.8 Å². The Morgan fingerprint density at radius 3 is 2.26 bits per heavy atom. The lowest BCUT2D eigenvalue weighted by molar-refractivity contribution is -0.0498. The van der Waals surface area contributed by atoms with Gasteiger partial charge in [0.2, 0.25) is 0 Å². The van der Waals surface area contributed by atoms with Crippen molar-refractivity contribution < 1.29 is 17.9 Å². The van der Waals surface area contributed by atoms with Gasteiger partial charge in [0.1, 0.15) is 11.6 Å². The van der Waals surface area contributed by atoms with Crippen LogP contribution in [0.1, 0.15) is 0 Å². The maximum Gasteiger partial charge on any atom is 0.387 e. The summed E-state index contributed by atoms with van der Waals surface area (Å²) in [5.74, 6) is -0.403. The first-order chi connectivity index (χ1) is 9.02. The predicted octanol–water partition coefficient (Wildman–Crippen LogP) is 3.75. The van der Waals surface area contributed by atoms with Gasteiger partial charge in [-0.05, 0) is 42.5 Å². The molecule has 0 radical (unpaired) electrons. The summed E-state index contributed by atoms with van der Waals surface area (Å²) in [6.07, 6.45) is 0. The summed E-state index contributed by atoms with van der Waals surface area (Å²) >= 11 is 0. The van der Waals surface area contributed by atoms with E-state index in [1.807, 2.05) is 0 Å². The van der Waals surface area contributed by atoms with Crippen LogP contribution in [0.5, 0.6) is 5.75 Å². The molecule has 0 saturated carbocycles. The largest absolute Gasteiger partial charge is 0.435 e. The van der Waals surface area contributed by atoms with Crippen LogP contribution in [0, 0.1) is 5.82 Å². The molecular formula is C13H11F3N2O. The van der Waals surface area contributed by atoms with Crippen molar-refractivity contribution in [1.29, 1.82) is 0 Å². The molecule has 0 fully saturated rings. The Hall–Kier alpha value is -2.37. The number of hydrogen-bond donors (Lipinski definition) is 2. The lowest BCUT2D eigenvalue weighted by atomic mass is 10.2. The first-order valence-corrected chi connectivity index (χ1v) is 5.41. The number of anilines is 3. The molecule has 0 amide bonds. The number of alkyl halides is 2. The standard InChI is InChI=1S/C13H11F3N2O/c14-8-5-9(17)7-11(6-8)18-10-1-3-12(4-2-10)19-13(15)16/h1-7,13,18H,17H2. The van der Waals surface area contributed by atoms with Gasteiger partial charge < -0.3 is 15.8 Å². The molecule has 19 heavy (non-hydrogen) atoms. The van der Waals surface area contributed by atoms with Gasteiger partial charge in [-0.1, -0.05) is 0 Å². The Labute approximate surface area is 107 Å². The second-order valence-corrected chi connectivity index (χ2v) is 3.80. The molecule has 0 aliphatic carbocycles. The van der Waals surface area contributed by atoms with Crippen LogP contribution in [0.3, 0.4) is 0 Å². The molecule has 0 saturated heterocycles. The van der Waals surface area contributed by atoms with Gasteiger partial charge in [-0.3, -0.25) is 0 Å². The van der Waals surface area contributed by atoms with E-state index in [0.29, 0.717) is 17.1 Å². The Kier molecular flexibility index (Phi) is 3.79. The zero-order valence-electron chi connectivity index (χ0n) is 9.74. The lowest BCUT2D eigenvalue weighted by Gasteiger charge is -2.09. The number of benzene rings is 2. The summed E-state index contributed by atoms with van der Waals surface area (Å²) in [5.41, 5.74) is 6.88. The number of ether oxygens (including phenoxy) is 1. The van der Waals surface area contributed by atoms with E-state index in [-0.39, 0.29) is 5.75 Å². The van der Waals surface area contributed by atoms with E-state index in [9.17, 15) is 13.2 Å². The van der Waals surface area contributed by atoms with Crippen molar-refractivity contribution in [2.75, 3.05) is 11.1 Å². The number of halogens is 3. The van der Waals surface area contributed by atoms with E-state index in [1.165, 1.54) is 24.3 Å². The van der Waals surface area contributed by atoms with Crippen molar-refractivity contribution in [2.24, 2.45) is 0 Å². The van der Waals surface area contributed by atoms with Gasteiger partial charge in [-0.25, -0.2) is 4.39 Å². The maximum absolute atomic E-state index is 13.1. The van der Waals surface area contributed by atoms with Crippen molar-refractivity contribution >= 4 is 17.1 Å². The third-order valence-corrected chi connectivity index (χ3v) is 2.29. The van der Waals surface area contributed by atoms with Gasteiger partial charge in [0, 0.05) is 17.1 Å². The molecule has 0 aromatic heterocycles. The molecule has 2 rings (SSSR count). The number of nitrogens with two attached hydrogens (primary N) is 1. The zero-order valence-corrected chi connectivity index (χ0v) is 9.74. The fourth-order valence-electron chi connectivity index (χ4n) is 1.57. The third kappa shape index (κ3) is 3.80. The quantitative estimate of drug-likeness (QED) is 0.830. The topological polar surface area (TPSA) is 47.3 Å². The Morgan fingerprint density at radius 1 is 1.00 bits per heavy atom. The third-order valence-electron chi connectivity index (χ3n) is 2.29. The van der Waals surface area contributed by atoms with Crippen LogP contribution in [-0.4, -0.2) is 6.61 Å². The first-order valence-electron chi connectivity index (χ1n) is 5.41. The van der Waals surface area contributed by atoms with Crippen molar-refractivity contribution in [2.45, 2.75) is 6.61 Å². The first kappa shape index (κ1) is 13.1. The summed E-state index contributed by atoms with van der Waals surface area (Å²) < 4.78 is 41.3. The van der Waals surface area contributed by atoms with E-state index in [0.717, 1.165) is 0 Å². The maximum atomic E-state index is 13.1. The molecule has 0 unspecified atom stereocenters. The summed E-state index contributed by atoms with van der Waals surface area (Å²) in [4.78, 5) is 0. The number of hydrogen-bond acceptors (Lipinski definition) is 3. The second kappa shape index (κ2) is 5.51. The molecule has 0 atom stereocenters. The minimum absolute atomic E-state index is 0.0549. The van der Waals surface area contributed by atoms with Crippen molar-refractivity contribution in [3.05, 3.63) is 48.3 Å². The Balaban J connectivity index is 2.10. The molecule has 0 spiro atoms.